The number of methoxy groups -OCH3 is 1. The van der Waals surface area contributed by atoms with Gasteiger partial charge >= 0.3 is 6.18 Å². The Morgan fingerprint density at radius 1 is 1.44 bits per heavy atom. The Balaban J connectivity index is 3.14. The van der Waals surface area contributed by atoms with Crippen LogP contribution in [0.1, 0.15) is 0 Å². The molecule has 1 rings (SSSR count). The number of ether oxygens (including phenoxy) is 1. The van der Waals surface area contributed by atoms with Crippen LogP contribution in [0.3, 0.4) is 0 Å². The van der Waals surface area contributed by atoms with Gasteiger partial charge in [-0.15, -0.1) is 0 Å². The summed E-state index contributed by atoms with van der Waals surface area (Å²) < 4.78 is 41.7. The predicted molar refractivity (Wildman–Crippen MR) is 59.7 cm³/mol. The lowest BCUT2D eigenvalue weighted by molar-refractivity contribution is -0.0558. The van der Waals surface area contributed by atoms with Crippen molar-refractivity contribution in [2.45, 2.75) is 6.18 Å². The smallest absolute Gasteiger partial charge is 0.444 e. The molecule has 0 amide bonds. The third-order valence-electron chi connectivity index (χ3n) is 1.61. The molecule has 0 saturated heterocycles. The maximum atomic E-state index is 12.1. The molecule has 0 aliphatic carbocycles. The Morgan fingerprint density at radius 2 is 2.06 bits per heavy atom. The highest BCUT2D eigenvalue weighted by atomic mass is 79.9. The third-order valence-corrected chi connectivity index (χ3v) is 2.58. The summed E-state index contributed by atoms with van der Waals surface area (Å²) in [6.07, 6.45) is -4.65. The Labute approximate surface area is 103 Å². The van der Waals surface area contributed by atoms with E-state index in [4.69, 9.17) is 16.3 Å². The number of hydrogen-bond acceptors (Lipinski definition) is 2. The molecule has 0 bridgehead atoms. The summed E-state index contributed by atoms with van der Waals surface area (Å²) in [5, 5.41) is -1.43. The molecule has 88 valence electrons. The highest BCUT2D eigenvalue weighted by molar-refractivity contribution is 9.10. The molecule has 0 aliphatic rings. The number of rotatable bonds is 2. The average molecular weight is 317 g/mol. The molecule has 16 heavy (non-hydrogen) atoms. The van der Waals surface area contributed by atoms with E-state index in [0.29, 0.717) is 10.2 Å². The first-order valence-corrected chi connectivity index (χ1v) is 5.16. The van der Waals surface area contributed by atoms with Crippen molar-refractivity contribution in [2.75, 3.05) is 7.11 Å². The van der Waals surface area contributed by atoms with Gasteiger partial charge in [-0.1, -0.05) is 11.6 Å². The van der Waals surface area contributed by atoms with E-state index in [9.17, 15) is 13.2 Å². The van der Waals surface area contributed by atoms with Gasteiger partial charge in [0, 0.05) is 10.5 Å². The molecule has 0 spiro atoms. The fourth-order valence-corrected chi connectivity index (χ4v) is 1.30. The summed E-state index contributed by atoms with van der Waals surface area (Å²) in [6, 6.07) is 4.46. The second-order valence-electron chi connectivity index (χ2n) is 2.72. The summed E-state index contributed by atoms with van der Waals surface area (Å²) in [5.74, 6) is 0.397. The molecule has 0 fully saturated rings. The van der Waals surface area contributed by atoms with E-state index in [1.54, 1.807) is 6.07 Å². The first-order chi connectivity index (χ1) is 7.34. The number of alkyl halides is 3. The summed E-state index contributed by atoms with van der Waals surface area (Å²) in [5.41, 5.74) is 0.0571. The molecule has 1 aromatic carbocycles. The van der Waals surface area contributed by atoms with Gasteiger partial charge < -0.3 is 4.74 Å². The lowest BCUT2D eigenvalue weighted by Gasteiger charge is -2.06. The van der Waals surface area contributed by atoms with Crippen LogP contribution in [-0.2, 0) is 0 Å². The van der Waals surface area contributed by atoms with Crippen LogP contribution in [0.25, 0.3) is 0 Å². The number of hydrogen-bond donors (Lipinski definition) is 0. The first kappa shape index (κ1) is 13.3. The van der Waals surface area contributed by atoms with Crippen LogP contribution in [0.5, 0.6) is 5.75 Å². The molecular formula is C9H6BrClF3NO. The van der Waals surface area contributed by atoms with E-state index in [-0.39, 0.29) is 5.69 Å². The van der Waals surface area contributed by atoms with E-state index in [0.717, 1.165) is 0 Å². The van der Waals surface area contributed by atoms with Crippen molar-refractivity contribution in [3.05, 3.63) is 22.7 Å². The fourth-order valence-electron chi connectivity index (χ4n) is 0.874. The lowest BCUT2D eigenvalue weighted by atomic mass is 10.3. The van der Waals surface area contributed by atoms with Crippen molar-refractivity contribution in [2.24, 2.45) is 4.99 Å². The molecule has 0 unspecified atom stereocenters. The predicted octanol–water partition coefficient (Wildman–Crippen LogP) is 4.29. The summed E-state index contributed by atoms with van der Waals surface area (Å²) >= 11 is 8.09. The van der Waals surface area contributed by atoms with Crippen LogP contribution < -0.4 is 4.74 Å². The van der Waals surface area contributed by atoms with E-state index in [1.807, 2.05) is 0 Å². The van der Waals surface area contributed by atoms with E-state index >= 15 is 0 Å². The van der Waals surface area contributed by atoms with Crippen LogP contribution in [0.4, 0.5) is 18.9 Å². The Bertz CT molecular complexity index is 420. The molecule has 0 radical (unpaired) electrons. The lowest BCUT2D eigenvalue weighted by Crippen LogP contribution is -2.16. The van der Waals surface area contributed by atoms with E-state index in [2.05, 4.69) is 20.9 Å². The molecule has 1 aromatic rings. The molecule has 0 saturated carbocycles. The Kier molecular flexibility index (Phi) is 4.21. The minimum absolute atomic E-state index is 0.0571. The zero-order valence-electron chi connectivity index (χ0n) is 7.98. The van der Waals surface area contributed by atoms with Crippen LogP contribution in [0.2, 0.25) is 0 Å². The van der Waals surface area contributed by atoms with Gasteiger partial charge in [0.1, 0.15) is 5.75 Å². The monoisotopic (exact) mass is 315 g/mol. The maximum absolute atomic E-state index is 12.1. The third kappa shape index (κ3) is 3.38. The first-order valence-electron chi connectivity index (χ1n) is 3.99. The zero-order chi connectivity index (χ0) is 12.3. The van der Waals surface area contributed by atoms with Crippen molar-refractivity contribution >= 4 is 38.4 Å². The van der Waals surface area contributed by atoms with Gasteiger partial charge in [0.05, 0.1) is 12.8 Å². The van der Waals surface area contributed by atoms with Crippen molar-refractivity contribution in [1.82, 2.24) is 0 Å². The molecule has 2 nitrogen and oxygen atoms in total. The van der Waals surface area contributed by atoms with E-state index in [1.165, 1.54) is 19.2 Å². The van der Waals surface area contributed by atoms with Crippen LogP contribution in [0.15, 0.2) is 27.7 Å². The number of halogens is 5. The summed E-state index contributed by atoms with van der Waals surface area (Å²) in [6.45, 7) is 0. The fraction of sp³-hybridized carbons (Fsp3) is 0.222. The molecule has 0 aromatic heterocycles. The molecule has 0 atom stereocenters. The van der Waals surface area contributed by atoms with Gasteiger partial charge in [0.25, 0.3) is 0 Å². The van der Waals surface area contributed by atoms with Gasteiger partial charge in [-0.25, -0.2) is 4.99 Å². The minimum atomic E-state index is -4.65. The van der Waals surface area contributed by atoms with Crippen LogP contribution in [-0.4, -0.2) is 18.5 Å². The Morgan fingerprint density at radius 3 is 2.56 bits per heavy atom. The molecule has 0 N–H and O–H groups in total. The average Bonchev–Trinajstić information content (AvgIpc) is 2.19. The Hall–Kier alpha value is -0.750. The molecule has 0 heterocycles. The van der Waals surface area contributed by atoms with Crippen molar-refractivity contribution in [3.63, 3.8) is 0 Å². The van der Waals surface area contributed by atoms with Gasteiger partial charge in [-0.2, -0.15) is 13.2 Å². The van der Waals surface area contributed by atoms with Gasteiger partial charge in [-0.3, -0.25) is 0 Å². The second kappa shape index (κ2) is 5.05. The van der Waals surface area contributed by atoms with Crippen molar-refractivity contribution in [1.29, 1.82) is 0 Å². The maximum Gasteiger partial charge on any atom is 0.444 e. The zero-order valence-corrected chi connectivity index (χ0v) is 10.3. The molecule has 0 aliphatic heterocycles. The summed E-state index contributed by atoms with van der Waals surface area (Å²) in [4.78, 5) is 3.27. The number of aliphatic imine (C=N–C) groups is 1. The molecule has 7 heteroatoms. The van der Waals surface area contributed by atoms with Gasteiger partial charge in [-0.05, 0) is 28.1 Å². The van der Waals surface area contributed by atoms with Crippen LogP contribution in [0, 0.1) is 0 Å². The largest absolute Gasteiger partial charge is 0.497 e. The SMILES string of the molecule is COc1ccc(Br)c(N=C(Cl)C(F)(F)F)c1. The standard InChI is InChI=1S/C9H6BrClF3NO/c1-16-5-2-3-6(10)7(4-5)15-8(11)9(12,13)14/h2-4H,1H3. The number of benzene rings is 1. The second-order valence-corrected chi connectivity index (χ2v) is 3.93. The molecular weight excluding hydrogens is 310 g/mol. The topological polar surface area (TPSA) is 21.6 Å². The highest BCUT2D eigenvalue weighted by Crippen LogP contribution is 2.32. The van der Waals surface area contributed by atoms with Crippen molar-refractivity contribution < 1.29 is 17.9 Å². The van der Waals surface area contributed by atoms with E-state index < -0.39 is 11.3 Å². The summed E-state index contributed by atoms with van der Waals surface area (Å²) in [7, 11) is 1.40. The minimum Gasteiger partial charge on any atom is -0.497 e. The van der Waals surface area contributed by atoms with Crippen molar-refractivity contribution in [3.8, 4) is 5.75 Å². The van der Waals surface area contributed by atoms with Gasteiger partial charge in [0.2, 0.25) is 5.17 Å². The quantitative estimate of drug-likeness (QED) is 0.746. The highest BCUT2D eigenvalue weighted by Gasteiger charge is 2.34. The van der Waals surface area contributed by atoms with Crippen LogP contribution >= 0.6 is 27.5 Å². The normalized spacial score (nSPS) is 12.8. The number of nitrogens with zero attached hydrogens (tertiary/aromatic N) is 1. The van der Waals surface area contributed by atoms with Gasteiger partial charge in [0.15, 0.2) is 0 Å².